The summed E-state index contributed by atoms with van der Waals surface area (Å²) in [6.45, 7) is 6.05. The average Bonchev–Trinajstić information content (AvgIpc) is 3.01. The third-order valence-corrected chi connectivity index (χ3v) is 6.21. The predicted molar refractivity (Wildman–Crippen MR) is 88.6 cm³/mol. The molecule has 2 fully saturated rings. The van der Waals surface area contributed by atoms with Crippen LogP contribution in [0.1, 0.15) is 72.1 Å². The van der Waals surface area contributed by atoms with E-state index in [4.69, 9.17) is 14.7 Å². The fourth-order valence-electron chi connectivity index (χ4n) is 4.75. The van der Waals surface area contributed by atoms with Crippen molar-refractivity contribution in [2.45, 2.75) is 90.2 Å². The zero-order chi connectivity index (χ0) is 18.7. The zero-order valence-corrected chi connectivity index (χ0v) is 15.5. The minimum absolute atomic E-state index is 0.0163. The van der Waals surface area contributed by atoms with Gasteiger partial charge >= 0.3 is 6.18 Å². The van der Waals surface area contributed by atoms with E-state index in [1.807, 2.05) is 13.8 Å². The minimum atomic E-state index is -4.44. The van der Waals surface area contributed by atoms with Gasteiger partial charge in [0, 0.05) is 18.4 Å². The number of halogens is 3. The summed E-state index contributed by atoms with van der Waals surface area (Å²) >= 11 is 0. The molecule has 1 aliphatic heterocycles. The SMILES string of the molecule is CCC(C)(CC(C)C#N)C1CCCC1(OC1CCCCO1)C(F)(F)F. The number of nitriles is 1. The normalized spacial score (nSPS) is 34.3. The molecule has 0 aromatic heterocycles. The molecule has 6 heteroatoms. The maximum Gasteiger partial charge on any atom is 0.417 e. The highest BCUT2D eigenvalue weighted by Crippen LogP contribution is 2.58. The van der Waals surface area contributed by atoms with Crippen molar-refractivity contribution in [2.75, 3.05) is 6.61 Å². The molecule has 1 aliphatic carbocycles. The van der Waals surface area contributed by atoms with E-state index in [-0.39, 0.29) is 12.3 Å². The molecule has 0 amide bonds. The van der Waals surface area contributed by atoms with Crippen molar-refractivity contribution in [3.05, 3.63) is 0 Å². The van der Waals surface area contributed by atoms with Crippen LogP contribution in [0.25, 0.3) is 0 Å². The first kappa shape index (κ1) is 20.5. The van der Waals surface area contributed by atoms with Gasteiger partial charge in [0.15, 0.2) is 11.9 Å². The molecular formula is C19H30F3NO2. The van der Waals surface area contributed by atoms with E-state index >= 15 is 0 Å². The van der Waals surface area contributed by atoms with Crippen LogP contribution in [0.5, 0.6) is 0 Å². The van der Waals surface area contributed by atoms with Gasteiger partial charge in [-0.25, -0.2) is 0 Å². The molecule has 0 bridgehead atoms. The molecule has 0 aromatic rings. The van der Waals surface area contributed by atoms with E-state index in [1.165, 1.54) is 0 Å². The van der Waals surface area contributed by atoms with Crippen molar-refractivity contribution in [3.8, 4) is 6.07 Å². The number of rotatable bonds is 6. The number of alkyl halides is 3. The summed E-state index contributed by atoms with van der Waals surface area (Å²) in [7, 11) is 0. The Hall–Kier alpha value is -0.800. The minimum Gasteiger partial charge on any atom is -0.353 e. The van der Waals surface area contributed by atoms with Crippen LogP contribution in [-0.2, 0) is 9.47 Å². The summed E-state index contributed by atoms with van der Waals surface area (Å²) in [5.41, 5.74) is -2.75. The highest BCUT2D eigenvalue weighted by atomic mass is 19.4. The summed E-state index contributed by atoms with van der Waals surface area (Å²) in [4.78, 5) is 0. The number of hydrogen-bond acceptors (Lipinski definition) is 3. The quantitative estimate of drug-likeness (QED) is 0.619. The molecule has 1 saturated carbocycles. The zero-order valence-electron chi connectivity index (χ0n) is 15.5. The summed E-state index contributed by atoms with van der Waals surface area (Å²) in [6, 6.07) is 2.18. The van der Waals surface area contributed by atoms with Crippen molar-refractivity contribution in [1.82, 2.24) is 0 Å². The third kappa shape index (κ3) is 4.14. The summed E-state index contributed by atoms with van der Waals surface area (Å²) in [5.74, 6) is -0.922. The number of hydrogen-bond donors (Lipinski definition) is 0. The maximum atomic E-state index is 14.3. The summed E-state index contributed by atoms with van der Waals surface area (Å²) in [5, 5.41) is 9.16. The molecule has 2 aliphatic rings. The monoisotopic (exact) mass is 361 g/mol. The van der Waals surface area contributed by atoms with Gasteiger partial charge in [-0.05, 0) is 57.3 Å². The Bertz CT molecular complexity index is 484. The lowest BCUT2D eigenvalue weighted by atomic mass is 9.64. The molecule has 144 valence electrons. The Labute approximate surface area is 148 Å². The Morgan fingerprint density at radius 2 is 2.00 bits per heavy atom. The Morgan fingerprint density at radius 3 is 2.52 bits per heavy atom. The predicted octanol–water partition coefficient (Wildman–Crippen LogP) is 5.60. The fraction of sp³-hybridized carbons (Fsp3) is 0.947. The van der Waals surface area contributed by atoms with Crippen molar-refractivity contribution in [2.24, 2.45) is 17.3 Å². The van der Waals surface area contributed by atoms with E-state index < -0.39 is 29.4 Å². The highest BCUT2D eigenvalue weighted by molar-refractivity contribution is 5.07. The lowest BCUT2D eigenvalue weighted by molar-refractivity contribution is -0.348. The molecule has 1 heterocycles. The van der Waals surface area contributed by atoms with Gasteiger partial charge in [0.1, 0.15) is 0 Å². The summed E-state index contributed by atoms with van der Waals surface area (Å²) < 4.78 is 54.0. The van der Waals surface area contributed by atoms with Crippen LogP contribution in [0.3, 0.4) is 0 Å². The Kier molecular flexibility index (Phi) is 6.43. The molecule has 1 saturated heterocycles. The molecule has 5 unspecified atom stereocenters. The van der Waals surface area contributed by atoms with Crippen molar-refractivity contribution >= 4 is 0 Å². The van der Waals surface area contributed by atoms with E-state index in [9.17, 15) is 13.2 Å². The molecule has 25 heavy (non-hydrogen) atoms. The highest BCUT2D eigenvalue weighted by Gasteiger charge is 2.66. The third-order valence-electron chi connectivity index (χ3n) is 6.21. The van der Waals surface area contributed by atoms with Gasteiger partial charge < -0.3 is 9.47 Å². The molecule has 0 N–H and O–H groups in total. The fourth-order valence-corrected chi connectivity index (χ4v) is 4.75. The number of nitrogens with zero attached hydrogens (tertiary/aromatic N) is 1. The second-order valence-corrected chi connectivity index (χ2v) is 7.99. The van der Waals surface area contributed by atoms with Crippen LogP contribution in [0.4, 0.5) is 13.2 Å². The standard InChI is InChI=1S/C19H30F3NO2/c1-4-17(3,12-14(2)13-23)15-8-7-10-18(15,19(20,21)22)25-16-9-5-6-11-24-16/h14-16H,4-12H2,1-3H3. The van der Waals surface area contributed by atoms with Gasteiger partial charge in [0.05, 0.1) is 6.07 Å². The van der Waals surface area contributed by atoms with Gasteiger partial charge in [-0.1, -0.05) is 20.3 Å². The van der Waals surface area contributed by atoms with Crippen LogP contribution >= 0.6 is 0 Å². The molecule has 0 radical (unpaired) electrons. The van der Waals surface area contributed by atoms with Gasteiger partial charge in [0.2, 0.25) is 0 Å². The largest absolute Gasteiger partial charge is 0.417 e. The Balaban J connectivity index is 2.34. The first-order valence-corrected chi connectivity index (χ1v) is 9.44. The molecule has 2 rings (SSSR count). The second-order valence-electron chi connectivity index (χ2n) is 7.99. The van der Waals surface area contributed by atoms with Gasteiger partial charge in [-0.3, -0.25) is 0 Å². The smallest absolute Gasteiger partial charge is 0.353 e. The van der Waals surface area contributed by atoms with Gasteiger partial charge in [-0.2, -0.15) is 18.4 Å². The lowest BCUT2D eigenvalue weighted by Crippen LogP contribution is -2.57. The van der Waals surface area contributed by atoms with E-state index in [0.29, 0.717) is 38.7 Å². The first-order chi connectivity index (χ1) is 11.7. The van der Waals surface area contributed by atoms with Crippen molar-refractivity contribution < 1.29 is 22.6 Å². The maximum absolute atomic E-state index is 14.3. The average molecular weight is 361 g/mol. The molecular weight excluding hydrogens is 331 g/mol. The Morgan fingerprint density at radius 1 is 1.28 bits per heavy atom. The van der Waals surface area contributed by atoms with Crippen molar-refractivity contribution in [3.63, 3.8) is 0 Å². The topological polar surface area (TPSA) is 42.2 Å². The second kappa shape index (κ2) is 7.84. The lowest BCUT2D eigenvalue weighted by Gasteiger charge is -2.48. The van der Waals surface area contributed by atoms with Crippen LogP contribution in [0.15, 0.2) is 0 Å². The van der Waals surface area contributed by atoms with Crippen LogP contribution in [0, 0.1) is 28.6 Å². The number of ether oxygens (including phenoxy) is 2. The summed E-state index contributed by atoms with van der Waals surface area (Å²) in [6.07, 6.45) is -0.990. The van der Waals surface area contributed by atoms with Gasteiger partial charge in [0.25, 0.3) is 0 Å². The van der Waals surface area contributed by atoms with Crippen LogP contribution in [-0.4, -0.2) is 24.7 Å². The molecule has 0 aromatic carbocycles. The first-order valence-electron chi connectivity index (χ1n) is 9.44. The molecule has 5 atom stereocenters. The van der Waals surface area contributed by atoms with Crippen LogP contribution < -0.4 is 0 Å². The van der Waals surface area contributed by atoms with Crippen molar-refractivity contribution in [1.29, 1.82) is 5.26 Å². The van der Waals surface area contributed by atoms with E-state index in [0.717, 1.165) is 12.8 Å². The van der Waals surface area contributed by atoms with Gasteiger partial charge in [-0.15, -0.1) is 0 Å². The van der Waals surface area contributed by atoms with Crippen LogP contribution in [0.2, 0.25) is 0 Å². The molecule has 0 spiro atoms. The van der Waals surface area contributed by atoms with E-state index in [1.54, 1.807) is 6.92 Å². The molecule has 3 nitrogen and oxygen atoms in total. The van der Waals surface area contributed by atoms with E-state index in [2.05, 4.69) is 6.07 Å².